The fourth-order valence-electron chi connectivity index (χ4n) is 3.96. The standard InChI is InChI=1S/C30H32ClFN4O3/c1-20-27(19-35(29(37)33-30(2,3)4)18-21-9-11-23(32)12-10-21)28(39-26-15-13-25(38-5)14-16-26)36(34-20)24-8-6-7-22(31)17-24/h6-17H,18-19H2,1-5H3,(H,33,37). The van der Waals surface area contributed by atoms with Gasteiger partial charge in [0, 0.05) is 17.1 Å². The zero-order valence-electron chi connectivity index (χ0n) is 22.7. The molecule has 0 spiro atoms. The summed E-state index contributed by atoms with van der Waals surface area (Å²) in [5.41, 5.74) is 2.45. The molecule has 2 amide bonds. The third kappa shape index (κ3) is 7.29. The van der Waals surface area contributed by atoms with Gasteiger partial charge in [-0.05, 0) is 87.9 Å². The van der Waals surface area contributed by atoms with Gasteiger partial charge < -0.3 is 19.7 Å². The first-order valence-electron chi connectivity index (χ1n) is 12.5. The summed E-state index contributed by atoms with van der Waals surface area (Å²) in [6.45, 7) is 8.07. The summed E-state index contributed by atoms with van der Waals surface area (Å²) in [7, 11) is 1.60. The van der Waals surface area contributed by atoms with Gasteiger partial charge in [0.05, 0.1) is 30.6 Å². The maximum Gasteiger partial charge on any atom is 0.318 e. The Balaban J connectivity index is 1.77. The Morgan fingerprint density at radius 3 is 2.31 bits per heavy atom. The third-order valence-corrected chi connectivity index (χ3v) is 6.10. The molecule has 1 aromatic heterocycles. The van der Waals surface area contributed by atoms with E-state index in [-0.39, 0.29) is 24.9 Å². The minimum absolute atomic E-state index is 0.192. The summed E-state index contributed by atoms with van der Waals surface area (Å²) in [6, 6.07) is 20.4. The van der Waals surface area contributed by atoms with E-state index in [2.05, 4.69) is 5.32 Å². The lowest BCUT2D eigenvalue weighted by molar-refractivity contribution is 0.182. The second kappa shape index (κ2) is 11.8. The fraction of sp³-hybridized carbons (Fsp3) is 0.267. The van der Waals surface area contributed by atoms with Crippen molar-refractivity contribution in [2.24, 2.45) is 0 Å². The maximum atomic E-state index is 13.6. The highest BCUT2D eigenvalue weighted by Gasteiger charge is 2.26. The molecule has 0 bridgehead atoms. The number of aryl methyl sites for hydroxylation is 1. The number of urea groups is 1. The van der Waals surface area contributed by atoms with Crippen molar-refractivity contribution in [3.05, 3.63) is 100 Å². The molecule has 4 aromatic rings. The maximum absolute atomic E-state index is 13.6. The summed E-state index contributed by atoms with van der Waals surface area (Å²) in [5.74, 6) is 1.39. The average Bonchev–Trinajstić information content (AvgIpc) is 3.19. The van der Waals surface area contributed by atoms with Gasteiger partial charge in [0.2, 0.25) is 5.88 Å². The van der Waals surface area contributed by atoms with E-state index in [0.29, 0.717) is 33.8 Å². The number of hydrogen-bond acceptors (Lipinski definition) is 4. The van der Waals surface area contributed by atoms with E-state index < -0.39 is 5.54 Å². The zero-order valence-corrected chi connectivity index (χ0v) is 23.4. The molecule has 0 aliphatic heterocycles. The third-order valence-electron chi connectivity index (χ3n) is 5.87. The van der Waals surface area contributed by atoms with E-state index in [1.807, 2.05) is 39.8 Å². The van der Waals surface area contributed by atoms with Crippen LogP contribution in [0.2, 0.25) is 5.02 Å². The number of halogens is 2. The van der Waals surface area contributed by atoms with Gasteiger partial charge in [0.25, 0.3) is 0 Å². The Kier molecular flexibility index (Phi) is 8.45. The van der Waals surface area contributed by atoms with E-state index in [1.54, 1.807) is 65.2 Å². The van der Waals surface area contributed by atoms with Crippen molar-refractivity contribution in [2.45, 2.75) is 46.3 Å². The van der Waals surface area contributed by atoms with Crippen molar-refractivity contribution in [2.75, 3.05) is 7.11 Å². The fourth-order valence-corrected chi connectivity index (χ4v) is 4.15. The summed E-state index contributed by atoms with van der Waals surface area (Å²) < 4.78 is 26.9. The van der Waals surface area contributed by atoms with E-state index in [1.165, 1.54) is 12.1 Å². The Labute approximate surface area is 233 Å². The monoisotopic (exact) mass is 550 g/mol. The Morgan fingerprint density at radius 2 is 1.69 bits per heavy atom. The van der Waals surface area contributed by atoms with E-state index in [0.717, 1.165) is 11.1 Å². The molecule has 7 nitrogen and oxygen atoms in total. The highest BCUT2D eigenvalue weighted by atomic mass is 35.5. The first-order valence-corrected chi connectivity index (χ1v) is 12.9. The molecule has 3 aromatic carbocycles. The highest BCUT2D eigenvalue weighted by Crippen LogP contribution is 2.33. The van der Waals surface area contributed by atoms with Gasteiger partial charge in [-0.3, -0.25) is 0 Å². The van der Waals surface area contributed by atoms with Gasteiger partial charge in [-0.1, -0.05) is 29.8 Å². The molecule has 0 radical (unpaired) electrons. The van der Waals surface area contributed by atoms with E-state index in [9.17, 15) is 9.18 Å². The Hall–Kier alpha value is -4.04. The van der Waals surface area contributed by atoms with Crippen LogP contribution in [-0.4, -0.2) is 33.4 Å². The molecule has 0 unspecified atom stereocenters. The number of carbonyl (C=O) groups is 1. The van der Waals surface area contributed by atoms with Crippen LogP contribution in [0.15, 0.2) is 72.8 Å². The second-order valence-electron chi connectivity index (χ2n) is 10.2. The SMILES string of the molecule is COc1ccc(Oc2c(CN(Cc3ccc(F)cc3)C(=O)NC(C)(C)C)c(C)nn2-c2cccc(Cl)c2)cc1. The molecule has 0 saturated carbocycles. The van der Waals surface area contributed by atoms with Crippen LogP contribution in [0.5, 0.6) is 17.4 Å². The molecular weight excluding hydrogens is 519 g/mol. The van der Waals surface area contributed by atoms with E-state index in [4.69, 9.17) is 26.2 Å². The molecular formula is C30H32ClFN4O3. The molecule has 0 fully saturated rings. The lowest BCUT2D eigenvalue weighted by Gasteiger charge is -2.29. The van der Waals surface area contributed by atoms with Crippen LogP contribution < -0.4 is 14.8 Å². The quantitative estimate of drug-likeness (QED) is 0.250. The van der Waals surface area contributed by atoms with Gasteiger partial charge in [0.1, 0.15) is 17.3 Å². The van der Waals surface area contributed by atoms with Gasteiger partial charge in [0.15, 0.2) is 0 Å². The number of ether oxygens (including phenoxy) is 2. The molecule has 1 N–H and O–H groups in total. The second-order valence-corrected chi connectivity index (χ2v) is 10.6. The first-order chi connectivity index (χ1) is 18.5. The van der Waals surface area contributed by atoms with Crippen LogP contribution in [0.4, 0.5) is 9.18 Å². The lowest BCUT2D eigenvalue weighted by atomic mass is 10.1. The number of nitrogens with zero attached hydrogens (tertiary/aromatic N) is 3. The van der Waals surface area contributed by atoms with Crippen molar-refractivity contribution >= 4 is 17.6 Å². The van der Waals surface area contributed by atoms with Gasteiger partial charge in [-0.25, -0.2) is 13.9 Å². The summed E-state index contributed by atoms with van der Waals surface area (Å²) in [6.07, 6.45) is 0. The van der Waals surface area contributed by atoms with Gasteiger partial charge >= 0.3 is 6.03 Å². The zero-order chi connectivity index (χ0) is 28.2. The lowest BCUT2D eigenvalue weighted by Crippen LogP contribution is -2.48. The molecule has 39 heavy (non-hydrogen) atoms. The highest BCUT2D eigenvalue weighted by molar-refractivity contribution is 6.30. The Morgan fingerprint density at radius 1 is 1.03 bits per heavy atom. The number of methoxy groups -OCH3 is 1. The van der Waals surface area contributed by atoms with Crippen LogP contribution in [0.25, 0.3) is 5.69 Å². The molecule has 1 heterocycles. The summed E-state index contributed by atoms with van der Waals surface area (Å²) in [5, 5.41) is 8.35. The molecule has 4 rings (SSSR count). The number of carbonyl (C=O) groups excluding carboxylic acids is 1. The summed E-state index contributed by atoms with van der Waals surface area (Å²) >= 11 is 6.29. The first kappa shape index (κ1) is 28.0. The topological polar surface area (TPSA) is 68.6 Å². The smallest absolute Gasteiger partial charge is 0.318 e. The predicted molar refractivity (Wildman–Crippen MR) is 150 cm³/mol. The number of rotatable bonds is 8. The van der Waals surface area contributed by atoms with E-state index >= 15 is 0 Å². The van der Waals surface area contributed by atoms with Gasteiger partial charge in [-0.2, -0.15) is 5.10 Å². The molecule has 9 heteroatoms. The van der Waals surface area contributed by atoms with Crippen LogP contribution in [0.1, 0.15) is 37.6 Å². The molecule has 204 valence electrons. The van der Waals surface area contributed by atoms with Crippen LogP contribution in [0.3, 0.4) is 0 Å². The number of amides is 2. The molecule has 0 aliphatic rings. The minimum Gasteiger partial charge on any atom is -0.497 e. The van der Waals surface area contributed by atoms with Crippen molar-refractivity contribution in [1.29, 1.82) is 0 Å². The molecule has 0 aliphatic carbocycles. The van der Waals surface area contributed by atoms with Crippen LogP contribution >= 0.6 is 11.6 Å². The van der Waals surface area contributed by atoms with Crippen molar-refractivity contribution in [1.82, 2.24) is 20.0 Å². The average molecular weight is 551 g/mol. The number of aromatic nitrogens is 2. The van der Waals surface area contributed by atoms with Gasteiger partial charge in [-0.15, -0.1) is 0 Å². The van der Waals surface area contributed by atoms with Crippen LogP contribution in [-0.2, 0) is 13.1 Å². The number of benzene rings is 3. The normalized spacial score (nSPS) is 11.3. The minimum atomic E-state index is -0.458. The number of hydrogen-bond donors (Lipinski definition) is 1. The van der Waals surface area contributed by atoms with Crippen molar-refractivity contribution in [3.63, 3.8) is 0 Å². The van der Waals surface area contributed by atoms with Crippen molar-refractivity contribution in [3.8, 4) is 23.1 Å². The molecule has 0 saturated heterocycles. The number of nitrogens with one attached hydrogen (secondary N) is 1. The van der Waals surface area contributed by atoms with Crippen LogP contribution in [0, 0.1) is 12.7 Å². The largest absolute Gasteiger partial charge is 0.497 e. The summed E-state index contributed by atoms with van der Waals surface area (Å²) in [4.78, 5) is 15.1. The van der Waals surface area contributed by atoms with Crippen molar-refractivity contribution < 1.29 is 18.7 Å². The predicted octanol–water partition coefficient (Wildman–Crippen LogP) is 7.28. The molecule has 0 atom stereocenters. The Bertz CT molecular complexity index is 1430.